The molecule has 0 aromatic heterocycles. The van der Waals surface area contributed by atoms with Crippen LogP contribution in [-0.2, 0) is 47.7 Å². The smallest absolute Gasteiger partial charge is 0.184 e. The molecule has 2 heterocycles. The zero-order valence-corrected chi connectivity index (χ0v) is 22.8. The maximum Gasteiger partial charge on any atom is 0.184 e. The summed E-state index contributed by atoms with van der Waals surface area (Å²) < 4.78 is 46.3. The Balaban J connectivity index is 1.33. The van der Waals surface area contributed by atoms with Gasteiger partial charge in [-0.05, 0) is 23.3 Å². The molecule has 4 aromatic carbocycles. The summed E-state index contributed by atoms with van der Waals surface area (Å²) in [5, 5.41) is 0. The van der Waals surface area contributed by atoms with Crippen LogP contribution in [0.2, 0.25) is 0 Å². The minimum absolute atomic E-state index is 0.281. The van der Waals surface area contributed by atoms with Crippen molar-refractivity contribution in [1.29, 1.82) is 0 Å². The second-order valence-electron chi connectivity index (χ2n) is 9.85. The van der Waals surface area contributed by atoms with Gasteiger partial charge in [-0.3, -0.25) is 4.21 Å². The molecule has 206 valence electrons. The van der Waals surface area contributed by atoms with E-state index in [9.17, 15) is 4.21 Å². The molecular weight excluding hydrogens is 524 g/mol. The third-order valence-corrected chi connectivity index (χ3v) is 8.65. The van der Waals surface area contributed by atoms with Crippen LogP contribution in [-0.4, -0.2) is 40.7 Å². The van der Waals surface area contributed by atoms with Crippen LogP contribution in [0.15, 0.2) is 126 Å². The maximum atomic E-state index is 14.0. The summed E-state index contributed by atoms with van der Waals surface area (Å²) in [6.07, 6.45) is -2.77. The highest BCUT2D eigenvalue weighted by Crippen LogP contribution is 2.38. The van der Waals surface area contributed by atoms with Gasteiger partial charge in [0, 0.05) is 10.5 Å². The van der Waals surface area contributed by atoms with Crippen molar-refractivity contribution in [2.45, 2.75) is 54.3 Å². The SMILES string of the molecule is O=[S@@](c1ccccc1)[C@H]1OC2COC(c3ccccc3)O[C@H]2C(OCc2ccccc2)C1OCc1ccccc1. The lowest BCUT2D eigenvalue weighted by Crippen LogP contribution is -2.63. The zero-order chi connectivity index (χ0) is 27.1. The van der Waals surface area contributed by atoms with E-state index in [1.807, 2.05) is 121 Å². The summed E-state index contributed by atoms with van der Waals surface area (Å²) in [6, 6.07) is 39.1. The van der Waals surface area contributed by atoms with E-state index < -0.39 is 46.9 Å². The van der Waals surface area contributed by atoms with Crippen molar-refractivity contribution in [3.63, 3.8) is 0 Å². The molecule has 0 saturated carbocycles. The van der Waals surface area contributed by atoms with Crippen molar-refractivity contribution < 1.29 is 27.9 Å². The Bertz CT molecular complexity index is 1360. The first-order valence-corrected chi connectivity index (χ1v) is 14.7. The van der Waals surface area contributed by atoms with Crippen LogP contribution in [0.1, 0.15) is 23.0 Å². The number of fused-ring (bicyclic) bond motifs is 1. The van der Waals surface area contributed by atoms with Gasteiger partial charge in [-0.25, -0.2) is 0 Å². The molecule has 2 aliphatic rings. The van der Waals surface area contributed by atoms with E-state index in [2.05, 4.69) is 0 Å². The lowest BCUT2D eigenvalue weighted by molar-refractivity contribution is -0.330. The van der Waals surface area contributed by atoms with Crippen LogP contribution in [0.3, 0.4) is 0 Å². The molecule has 2 aliphatic heterocycles. The lowest BCUT2D eigenvalue weighted by atomic mass is 9.98. The normalized spacial score (nSPS) is 27.0. The first-order chi connectivity index (χ1) is 19.8. The summed E-state index contributed by atoms with van der Waals surface area (Å²) in [4.78, 5) is 0.667. The van der Waals surface area contributed by atoms with Crippen LogP contribution in [0.5, 0.6) is 0 Å². The van der Waals surface area contributed by atoms with E-state index in [-0.39, 0.29) is 6.61 Å². The average Bonchev–Trinajstić information content (AvgIpc) is 3.03. The summed E-state index contributed by atoms with van der Waals surface area (Å²) in [5.74, 6) is 0. The van der Waals surface area contributed by atoms with Gasteiger partial charge < -0.3 is 23.7 Å². The third-order valence-electron chi connectivity index (χ3n) is 7.11. The van der Waals surface area contributed by atoms with Crippen LogP contribution < -0.4 is 0 Å². The summed E-state index contributed by atoms with van der Waals surface area (Å²) in [6.45, 7) is 0.951. The minimum atomic E-state index is -1.52. The molecule has 0 bridgehead atoms. The molecule has 6 nitrogen and oxygen atoms in total. The standard InChI is InChI=1S/C33H32O6S/c34-40(27-19-11-4-12-20-27)33-31(36-22-25-15-7-2-8-16-25)30(35-21-24-13-5-1-6-14-24)29-28(38-33)23-37-32(39-29)26-17-9-3-10-18-26/h1-20,28-33H,21-23H2/t28?,29-,30?,31?,32?,33-,40+/m1/s1. The van der Waals surface area contributed by atoms with Crippen molar-refractivity contribution in [1.82, 2.24) is 0 Å². The summed E-state index contributed by atoms with van der Waals surface area (Å²) in [5.41, 5.74) is 2.17. The second kappa shape index (κ2) is 13.0. The van der Waals surface area contributed by atoms with Crippen LogP contribution >= 0.6 is 0 Å². The number of hydrogen-bond donors (Lipinski definition) is 0. The van der Waals surface area contributed by atoms with Crippen molar-refractivity contribution >= 4 is 10.8 Å². The molecule has 0 radical (unpaired) electrons. The predicted molar refractivity (Wildman–Crippen MR) is 152 cm³/mol. The number of ether oxygens (including phenoxy) is 5. The Morgan fingerprint density at radius 3 is 1.77 bits per heavy atom. The summed E-state index contributed by atoms with van der Waals surface area (Å²) in [7, 11) is -1.52. The molecule has 4 unspecified atom stereocenters. The second-order valence-corrected chi connectivity index (χ2v) is 11.4. The van der Waals surface area contributed by atoms with Gasteiger partial charge in [-0.1, -0.05) is 109 Å². The molecule has 0 N–H and O–H groups in total. The Morgan fingerprint density at radius 2 is 1.18 bits per heavy atom. The van der Waals surface area contributed by atoms with E-state index >= 15 is 0 Å². The fourth-order valence-corrected chi connectivity index (χ4v) is 6.50. The van der Waals surface area contributed by atoms with Gasteiger partial charge in [-0.15, -0.1) is 0 Å². The van der Waals surface area contributed by atoms with Gasteiger partial charge in [0.25, 0.3) is 0 Å². The monoisotopic (exact) mass is 556 g/mol. The van der Waals surface area contributed by atoms with Crippen LogP contribution in [0, 0.1) is 0 Å². The first-order valence-electron chi connectivity index (χ1n) is 13.5. The largest absolute Gasteiger partial charge is 0.368 e. The quantitative estimate of drug-likeness (QED) is 0.260. The third kappa shape index (κ3) is 6.25. The fourth-order valence-electron chi connectivity index (χ4n) is 5.09. The topological polar surface area (TPSA) is 63.2 Å². The van der Waals surface area contributed by atoms with Crippen molar-refractivity contribution in [3.8, 4) is 0 Å². The molecule has 0 amide bonds. The molecule has 2 fully saturated rings. The van der Waals surface area contributed by atoms with E-state index in [1.165, 1.54) is 0 Å². The first kappa shape index (κ1) is 27.0. The molecule has 6 rings (SSSR count). The minimum Gasteiger partial charge on any atom is -0.368 e. The van der Waals surface area contributed by atoms with Gasteiger partial charge in [0.1, 0.15) is 24.4 Å². The molecule has 7 atom stereocenters. The van der Waals surface area contributed by atoms with Gasteiger partial charge in [0.15, 0.2) is 11.7 Å². The highest BCUT2D eigenvalue weighted by Gasteiger charge is 2.53. The van der Waals surface area contributed by atoms with Gasteiger partial charge in [0.2, 0.25) is 0 Å². The molecule has 7 heteroatoms. The van der Waals surface area contributed by atoms with Crippen molar-refractivity contribution in [2.75, 3.05) is 6.61 Å². The van der Waals surface area contributed by atoms with Crippen molar-refractivity contribution in [2.24, 2.45) is 0 Å². The fraction of sp³-hybridized carbons (Fsp3) is 0.273. The highest BCUT2D eigenvalue weighted by molar-refractivity contribution is 7.85. The van der Waals surface area contributed by atoms with Gasteiger partial charge in [0.05, 0.1) is 30.6 Å². The Hall–Kier alpha value is -3.17. The zero-order valence-electron chi connectivity index (χ0n) is 22.0. The Morgan fingerprint density at radius 1 is 0.650 bits per heavy atom. The number of benzene rings is 4. The molecule has 40 heavy (non-hydrogen) atoms. The van der Waals surface area contributed by atoms with Crippen molar-refractivity contribution in [3.05, 3.63) is 138 Å². The van der Waals surface area contributed by atoms with Crippen LogP contribution in [0.4, 0.5) is 0 Å². The number of rotatable bonds is 9. The van der Waals surface area contributed by atoms with E-state index in [0.717, 1.165) is 16.7 Å². The Kier molecular flexibility index (Phi) is 8.78. The molecule has 4 aromatic rings. The Labute approximate surface area is 237 Å². The van der Waals surface area contributed by atoms with E-state index in [0.29, 0.717) is 18.1 Å². The van der Waals surface area contributed by atoms with E-state index in [1.54, 1.807) is 0 Å². The van der Waals surface area contributed by atoms with E-state index in [4.69, 9.17) is 23.7 Å². The maximum absolute atomic E-state index is 14.0. The molecule has 2 saturated heterocycles. The van der Waals surface area contributed by atoms with Crippen LogP contribution in [0.25, 0.3) is 0 Å². The highest BCUT2D eigenvalue weighted by atomic mass is 32.2. The predicted octanol–water partition coefficient (Wildman–Crippen LogP) is 5.80. The molecule has 0 spiro atoms. The summed E-state index contributed by atoms with van der Waals surface area (Å²) >= 11 is 0. The number of hydrogen-bond acceptors (Lipinski definition) is 6. The van der Waals surface area contributed by atoms with Gasteiger partial charge in [-0.2, -0.15) is 0 Å². The lowest BCUT2D eigenvalue weighted by Gasteiger charge is -2.49. The molecule has 0 aliphatic carbocycles. The molecular formula is C33H32O6S. The van der Waals surface area contributed by atoms with Gasteiger partial charge >= 0.3 is 0 Å². The average molecular weight is 557 g/mol.